The molecule has 1 rings (SSSR count). The van der Waals surface area contributed by atoms with Crippen LogP contribution in [0.2, 0.25) is 0 Å². The van der Waals surface area contributed by atoms with Gasteiger partial charge in [0.05, 0.1) is 6.54 Å². The molecule has 52 valence electrons. The smallest absolute Gasteiger partial charge is 0.329 e. The summed E-state index contributed by atoms with van der Waals surface area (Å²) in [6, 6.07) is 0. The first-order valence-electron chi connectivity index (χ1n) is 2.91. The van der Waals surface area contributed by atoms with Crippen LogP contribution in [0.1, 0.15) is 0 Å². The first kappa shape index (κ1) is 6.86. The van der Waals surface area contributed by atoms with Gasteiger partial charge < -0.3 is 5.73 Å². The minimum absolute atomic E-state index is 0.279. The van der Waals surface area contributed by atoms with Crippen molar-refractivity contribution in [3.05, 3.63) is 12.2 Å². The van der Waals surface area contributed by atoms with Crippen molar-refractivity contribution in [2.45, 2.75) is 0 Å². The van der Waals surface area contributed by atoms with Gasteiger partial charge in [0.15, 0.2) is 6.08 Å². The highest BCUT2D eigenvalue weighted by Gasteiger charge is 2.34. The Bertz CT molecular complexity index is 180. The van der Waals surface area contributed by atoms with Crippen LogP contribution in [0, 0.1) is 6.08 Å². The predicted octanol–water partition coefficient (Wildman–Crippen LogP) is -1.33. The van der Waals surface area contributed by atoms with Crippen molar-refractivity contribution in [2.75, 3.05) is 13.1 Å². The first-order chi connectivity index (χ1) is 4.75. The SMILES string of the molecule is NCCN1C(=O)[C+]=CC1=O. The van der Waals surface area contributed by atoms with Gasteiger partial charge >= 0.3 is 11.8 Å². The van der Waals surface area contributed by atoms with E-state index in [9.17, 15) is 9.59 Å². The number of nitrogens with zero attached hydrogens (tertiary/aromatic N) is 1. The van der Waals surface area contributed by atoms with Crippen LogP contribution in [0.25, 0.3) is 0 Å². The van der Waals surface area contributed by atoms with Crippen LogP contribution < -0.4 is 5.73 Å². The lowest BCUT2D eigenvalue weighted by Gasteiger charge is -2.01. The van der Waals surface area contributed by atoms with Gasteiger partial charge in [0.25, 0.3) is 0 Å². The average Bonchev–Trinajstić information content (AvgIpc) is 2.20. The van der Waals surface area contributed by atoms with Gasteiger partial charge in [0.1, 0.15) is 0 Å². The van der Waals surface area contributed by atoms with Crippen LogP contribution in [0.4, 0.5) is 0 Å². The molecule has 0 unspecified atom stereocenters. The van der Waals surface area contributed by atoms with Crippen molar-refractivity contribution in [2.24, 2.45) is 5.73 Å². The van der Waals surface area contributed by atoms with E-state index in [1.54, 1.807) is 0 Å². The Kier molecular flexibility index (Phi) is 1.76. The van der Waals surface area contributed by atoms with Crippen molar-refractivity contribution in [3.8, 4) is 0 Å². The summed E-state index contributed by atoms with van der Waals surface area (Å²) in [4.78, 5) is 22.4. The van der Waals surface area contributed by atoms with E-state index in [1.165, 1.54) is 0 Å². The fraction of sp³-hybridized carbons (Fsp3) is 0.333. The number of amides is 2. The molecule has 0 fully saturated rings. The fourth-order valence-corrected chi connectivity index (χ4v) is 0.720. The highest BCUT2D eigenvalue weighted by Crippen LogP contribution is 1.99. The second-order valence-corrected chi connectivity index (χ2v) is 1.87. The number of carbonyl (C=O) groups is 2. The van der Waals surface area contributed by atoms with Crippen LogP contribution in [0.3, 0.4) is 0 Å². The van der Waals surface area contributed by atoms with Gasteiger partial charge in [-0.25, -0.2) is 4.79 Å². The lowest BCUT2D eigenvalue weighted by Crippen LogP contribution is -2.34. The summed E-state index contributed by atoms with van der Waals surface area (Å²) in [6.45, 7) is 0.578. The molecule has 0 bridgehead atoms. The first-order valence-corrected chi connectivity index (χ1v) is 2.91. The number of imide groups is 1. The predicted molar refractivity (Wildman–Crippen MR) is 33.6 cm³/mol. The molecule has 0 saturated heterocycles. The zero-order chi connectivity index (χ0) is 7.56. The van der Waals surface area contributed by atoms with E-state index in [0.29, 0.717) is 6.54 Å². The summed E-state index contributed by atoms with van der Waals surface area (Å²) in [7, 11) is 0. The van der Waals surface area contributed by atoms with Crippen LogP contribution >= 0.6 is 0 Å². The highest BCUT2D eigenvalue weighted by molar-refractivity contribution is 6.10. The number of hydrogen-bond donors (Lipinski definition) is 1. The number of carbonyl (C=O) groups excluding carboxylic acids is 2. The standard InChI is InChI=1S/C6H7N2O2/c7-3-4-8-5(9)1-2-6(8)10/h1H,3-4,7H2/q+1. The van der Waals surface area contributed by atoms with E-state index in [4.69, 9.17) is 5.73 Å². The number of rotatable bonds is 2. The Hall–Kier alpha value is -1.25. The molecule has 0 aromatic heterocycles. The van der Waals surface area contributed by atoms with Gasteiger partial charge in [-0.15, -0.1) is 4.79 Å². The van der Waals surface area contributed by atoms with Crippen molar-refractivity contribution in [3.63, 3.8) is 0 Å². The minimum Gasteiger partial charge on any atom is -0.329 e. The van der Waals surface area contributed by atoms with Crippen molar-refractivity contribution in [1.29, 1.82) is 0 Å². The van der Waals surface area contributed by atoms with Gasteiger partial charge in [-0.1, -0.05) is 0 Å². The lowest BCUT2D eigenvalue weighted by atomic mass is 10.5. The van der Waals surface area contributed by atoms with E-state index in [-0.39, 0.29) is 12.5 Å². The highest BCUT2D eigenvalue weighted by atomic mass is 16.2. The third-order valence-electron chi connectivity index (χ3n) is 1.18. The molecular formula is C6H7N2O2+. The molecule has 4 heteroatoms. The molecule has 0 atom stereocenters. The molecule has 0 spiro atoms. The van der Waals surface area contributed by atoms with Crippen LogP contribution in [-0.2, 0) is 9.59 Å². The second kappa shape index (κ2) is 2.56. The molecule has 1 aliphatic heterocycles. The monoisotopic (exact) mass is 139 g/mol. The molecule has 2 amide bonds. The summed E-state index contributed by atoms with van der Waals surface area (Å²) in [5, 5.41) is 0. The molecule has 0 saturated carbocycles. The van der Waals surface area contributed by atoms with Crippen molar-refractivity contribution < 1.29 is 9.59 Å². The summed E-state index contributed by atoms with van der Waals surface area (Å²) >= 11 is 0. The number of hydrogen-bond acceptors (Lipinski definition) is 3. The summed E-state index contributed by atoms with van der Waals surface area (Å²) in [5.41, 5.74) is 5.14. The van der Waals surface area contributed by atoms with E-state index >= 15 is 0 Å². The maximum absolute atomic E-state index is 10.7. The summed E-state index contributed by atoms with van der Waals surface area (Å²) in [5.74, 6) is -0.717. The molecular weight excluding hydrogens is 132 g/mol. The molecule has 10 heavy (non-hydrogen) atoms. The van der Waals surface area contributed by atoms with Crippen molar-refractivity contribution >= 4 is 11.8 Å². The Balaban J connectivity index is 2.60. The fourth-order valence-electron chi connectivity index (χ4n) is 0.720. The third kappa shape index (κ3) is 1.03. The molecule has 0 aromatic carbocycles. The molecule has 4 nitrogen and oxygen atoms in total. The van der Waals surface area contributed by atoms with Gasteiger partial charge in [0.2, 0.25) is 6.08 Å². The van der Waals surface area contributed by atoms with E-state index in [0.717, 1.165) is 11.0 Å². The molecule has 0 aromatic rings. The van der Waals surface area contributed by atoms with Gasteiger partial charge in [-0.2, -0.15) is 4.90 Å². The van der Waals surface area contributed by atoms with E-state index in [2.05, 4.69) is 6.08 Å². The quantitative estimate of drug-likeness (QED) is 0.381. The largest absolute Gasteiger partial charge is 0.416 e. The third-order valence-corrected chi connectivity index (χ3v) is 1.18. The molecule has 2 N–H and O–H groups in total. The maximum Gasteiger partial charge on any atom is 0.416 e. The van der Waals surface area contributed by atoms with Crippen molar-refractivity contribution in [1.82, 2.24) is 4.90 Å². The molecule has 1 heterocycles. The maximum atomic E-state index is 10.7. The van der Waals surface area contributed by atoms with Crippen LogP contribution in [-0.4, -0.2) is 29.8 Å². The van der Waals surface area contributed by atoms with E-state index in [1.807, 2.05) is 0 Å². The normalized spacial score (nSPS) is 16.3. The van der Waals surface area contributed by atoms with Crippen LogP contribution in [0.15, 0.2) is 6.08 Å². The zero-order valence-corrected chi connectivity index (χ0v) is 5.33. The van der Waals surface area contributed by atoms with Gasteiger partial charge in [0, 0.05) is 6.54 Å². The zero-order valence-electron chi connectivity index (χ0n) is 5.33. The van der Waals surface area contributed by atoms with Gasteiger partial charge in [-0.05, 0) is 0 Å². The molecule has 1 aliphatic rings. The minimum atomic E-state index is -0.393. The second-order valence-electron chi connectivity index (χ2n) is 1.87. The summed E-state index contributed by atoms with van der Waals surface area (Å²) in [6.07, 6.45) is 3.38. The average molecular weight is 139 g/mol. The number of nitrogens with two attached hydrogens (primary N) is 1. The van der Waals surface area contributed by atoms with Gasteiger partial charge in [-0.3, -0.25) is 0 Å². The Morgan fingerprint density at radius 2 is 2.30 bits per heavy atom. The topological polar surface area (TPSA) is 63.4 Å². The van der Waals surface area contributed by atoms with E-state index < -0.39 is 5.91 Å². The molecule has 0 radical (unpaired) electrons. The Labute approximate surface area is 58.3 Å². The lowest BCUT2D eigenvalue weighted by molar-refractivity contribution is -0.136. The molecule has 0 aliphatic carbocycles. The Morgan fingerprint density at radius 3 is 2.70 bits per heavy atom. The summed E-state index contributed by atoms with van der Waals surface area (Å²) < 4.78 is 0. The Morgan fingerprint density at radius 1 is 1.60 bits per heavy atom. The van der Waals surface area contributed by atoms with Crippen LogP contribution in [0.5, 0.6) is 0 Å².